The van der Waals surface area contributed by atoms with Gasteiger partial charge in [0.05, 0.1) is 5.69 Å². The Morgan fingerprint density at radius 2 is 1.75 bits per heavy atom. The smallest absolute Gasteiger partial charge is 0.309 e. The lowest BCUT2D eigenvalue weighted by Crippen LogP contribution is -2.10. The number of halogens is 5. The molecular weight excluding hydrogens is 377 g/mol. The number of aryl methyl sites for hydroxylation is 1. The molecule has 1 heterocycles. The summed E-state index contributed by atoms with van der Waals surface area (Å²) in [6.07, 6.45) is 0.463. The van der Waals surface area contributed by atoms with E-state index in [-0.39, 0.29) is 29.1 Å². The first kappa shape index (κ1) is 19.6. The molecule has 2 aromatic carbocycles. The van der Waals surface area contributed by atoms with Crippen molar-refractivity contribution in [1.29, 1.82) is 0 Å². The molecule has 3 rings (SSSR count). The second-order valence-electron chi connectivity index (χ2n) is 6.11. The van der Waals surface area contributed by atoms with Gasteiger partial charge in [-0.3, -0.25) is 4.68 Å². The number of hydrogen-bond donors (Lipinski definition) is 1. The van der Waals surface area contributed by atoms with Gasteiger partial charge in [0.25, 0.3) is 0 Å². The Kier molecular flexibility index (Phi) is 5.22. The third kappa shape index (κ3) is 3.76. The number of anilines is 1. The maximum absolute atomic E-state index is 14.6. The first-order chi connectivity index (χ1) is 13.2. The second kappa shape index (κ2) is 7.46. The fraction of sp³-hybridized carbons (Fsp3) is 0.150. The SMILES string of the molecule is C=CC(F)(F)c1cc(-c2ccc(NCc3c(F)cccc3F)cc2F)n(C)n1. The minimum absolute atomic E-state index is 0.0590. The minimum atomic E-state index is -3.34. The molecule has 146 valence electrons. The van der Waals surface area contributed by atoms with E-state index < -0.39 is 29.1 Å². The highest BCUT2D eigenvalue weighted by atomic mass is 19.3. The van der Waals surface area contributed by atoms with Gasteiger partial charge >= 0.3 is 5.92 Å². The predicted octanol–water partition coefficient (Wildman–Crippen LogP) is 5.39. The highest BCUT2D eigenvalue weighted by Gasteiger charge is 2.31. The Morgan fingerprint density at radius 3 is 2.36 bits per heavy atom. The number of nitrogens with one attached hydrogen (secondary N) is 1. The van der Waals surface area contributed by atoms with Crippen molar-refractivity contribution in [3.05, 3.63) is 83.8 Å². The van der Waals surface area contributed by atoms with Crippen molar-refractivity contribution in [1.82, 2.24) is 9.78 Å². The normalized spacial score (nSPS) is 11.5. The fourth-order valence-electron chi connectivity index (χ4n) is 2.71. The van der Waals surface area contributed by atoms with Gasteiger partial charge in [-0.1, -0.05) is 12.6 Å². The van der Waals surface area contributed by atoms with Crippen molar-refractivity contribution < 1.29 is 22.0 Å². The Hall–Kier alpha value is -3.16. The Balaban J connectivity index is 1.84. The molecule has 0 bridgehead atoms. The van der Waals surface area contributed by atoms with Crippen LogP contribution in [-0.2, 0) is 19.5 Å². The maximum atomic E-state index is 14.6. The molecule has 0 aliphatic rings. The predicted molar refractivity (Wildman–Crippen MR) is 96.4 cm³/mol. The topological polar surface area (TPSA) is 29.9 Å². The lowest BCUT2D eigenvalue weighted by Gasteiger charge is -2.10. The number of allylic oxidation sites excluding steroid dienone is 1. The monoisotopic (exact) mass is 393 g/mol. The molecule has 0 aliphatic heterocycles. The molecule has 0 saturated heterocycles. The highest BCUT2D eigenvalue weighted by molar-refractivity contribution is 5.64. The second-order valence-corrected chi connectivity index (χ2v) is 6.11. The van der Waals surface area contributed by atoms with Crippen molar-refractivity contribution in [3.63, 3.8) is 0 Å². The molecule has 3 aromatic rings. The van der Waals surface area contributed by atoms with Gasteiger partial charge in [-0.25, -0.2) is 13.2 Å². The van der Waals surface area contributed by atoms with E-state index in [1.165, 1.54) is 25.2 Å². The minimum Gasteiger partial charge on any atom is -0.381 e. The molecule has 28 heavy (non-hydrogen) atoms. The lowest BCUT2D eigenvalue weighted by molar-refractivity contribution is 0.0470. The van der Waals surface area contributed by atoms with Gasteiger partial charge in [-0.15, -0.1) is 0 Å². The van der Waals surface area contributed by atoms with Gasteiger partial charge in [0, 0.05) is 30.4 Å². The third-order valence-corrected chi connectivity index (χ3v) is 4.25. The Labute approximate surface area is 158 Å². The van der Waals surface area contributed by atoms with Gasteiger partial charge < -0.3 is 5.32 Å². The summed E-state index contributed by atoms with van der Waals surface area (Å²) >= 11 is 0. The van der Waals surface area contributed by atoms with E-state index in [0.29, 0.717) is 6.08 Å². The average Bonchev–Trinajstić information content (AvgIpc) is 3.04. The number of nitrogens with zero attached hydrogens (tertiary/aromatic N) is 2. The van der Waals surface area contributed by atoms with Crippen LogP contribution in [-0.4, -0.2) is 9.78 Å². The van der Waals surface area contributed by atoms with E-state index in [4.69, 9.17) is 0 Å². The van der Waals surface area contributed by atoms with Gasteiger partial charge in [0.15, 0.2) is 0 Å². The molecule has 0 amide bonds. The van der Waals surface area contributed by atoms with Crippen LogP contribution in [0.25, 0.3) is 11.3 Å². The van der Waals surface area contributed by atoms with E-state index in [1.807, 2.05) is 0 Å². The lowest BCUT2D eigenvalue weighted by atomic mass is 10.1. The Morgan fingerprint density at radius 1 is 1.07 bits per heavy atom. The molecule has 0 spiro atoms. The summed E-state index contributed by atoms with van der Waals surface area (Å²) in [4.78, 5) is 0. The van der Waals surface area contributed by atoms with Gasteiger partial charge in [-0.2, -0.15) is 13.9 Å². The first-order valence-corrected chi connectivity index (χ1v) is 8.25. The van der Waals surface area contributed by atoms with Crippen LogP contribution in [0.15, 0.2) is 55.1 Å². The number of benzene rings is 2. The van der Waals surface area contributed by atoms with E-state index >= 15 is 0 Å². The van der Waals surface area contributed by atoms with E-state index in [0.717, 1.165) is 28.9 Å². The largest absolute Gasteiger partial charge is 0.381 e. The molecule has 0 unspecified atom stereocenters. The van der Waals surface area contributed by atoms with E-state index in [1.54, 1.807) is 0 Å². The molecule has 0 fully saturated rings. The molecule has 1 N–H and O–H groups in total. The van der Waals surface area contributed by atoms with Crippen LogP contribution >= 0.6 is 0 Å². The molecule has 8 heteroatoms. The highest BCUT2D eigenvalue weighted by Crippen LogP contribution is 2.32. The zero-order valence-corrected chi connectivity index (χ0v) is 14.8. The number of alkyl halides is 2. The number of hydrogen-bond acceptors (Lipinski definition) is 2. The van der Waals surface area contributed by atoms with Crippen molar-refractivity contribution in [2.24, 2.45) is 7.05 Å². The maximum Gasteiger partial charge on any atom is 0.309 e. The van der Waals surface area contributed by atoms with Crippen LogP contribution in [0, 0.1) is 17.5 Å². The van der Waals surface area contributed by atoms with Gasteiger partial charge in [0.1, 0.15) is 23.1 Å². The summed E-state index contributed by atoms with van der Waals surface area (Å²) in [5.74, 6) is -5.46. The Bertz CT molecular complexity index is 1010. The van der Waals surface area contributed by atoms with Crippen LogP contribution in [0.5, 0.6) is 0 Å². The van der Waals surface area contributed by atoms with Crippen LogP contribution in [0.4, 0.5) is 27.6 Å². The summed E-state index contributed by atoms with van der Waals surface area (Å²) in [5.41, 5.74) is -0.223. The standard InChI is InChI=1S/C20H16F5N3/c1-3-20(24,25)19-10-18(28(2)27-19)13-8-7-12(9-17(13)23)26-11-14-15(21)5-4-6-16(14)22/h3-10,26H,1,11H2,2H3. The summed E-state index contributed by atoms with van der Waals surface area (Å²) < 4.78 is 70.5. The van der Waals surface area contributed by atoms with Gasteiger partial charge in [0.2, 0.25) is 0 Å². The molecule has 3 nitrogen and oxygen atoms in total. The zero-order valence-electron chi connectivity index (χ0n) is 14.8. The molecule has 0 radical (unpaired) electrons. The fourth-order valence-corrected chi connectivity index (χ4v) is 2.71. The first-order valence-electron chi connectivity index (χ1n) is 8.25. The van der Waals surface area contributed by atoms with E-state index in [9.17, 15) is 22.0 Å². The third-order valence-electron chi connectivity index (χ3n) is 4.25. The van der Waals surface area contributed by atoms with Crippen LogP contribution in [0.1, 0.15) is 11.3 Å². The number of aromatic nitrogens is 2. The van der Waals surface area contributed by atoms with Crippen LogP contribution in [0.3, 0.4) is 0 Å². The molecule has 1 aromatic heterocycles. The van der Waals surface area contributed by atoms with Crippen LogP contribution in [0.2, 0.25) is 0 Å². The quantitative estimate of drug-likeness (QED) is 0.449. The van der Waals surface area contributed by atoms with Crippen LogP contribution < -0.4 is 5.32 Å². The van der Waals surface area contributed by atoms with Crippen molar-refractivity contribution in [3.8, 4) is 11.3 Å². The summed E-state index contributed by atoms with van der Waals surface area (Å²) in [6, 6.07) is 8.57. The van der Waals surface area contributed by atoms with E-state index in [2.05, 4.69) is 17.0 Å². The molecule has 0 aliphatic carbocycles. The van der Waals surface area contributed by atoms with Crippen molar-refractivity contribution >= 4 is 5.69 Å². The number of rotatable bonds is 6. The van der Waals surface area contributed by atoms with Crippen molar-refractivity contribution in [2.75, 3.05) is 5.32 Å². The molecule has 0 saturated carbocycles. The molecular formula is C20H16F5N3. The van der Waals surface area contributed by atoms with Gasteiger partial charge in [-0.05, 0) is 42.5 Å². The summed E-state index contributed by atoms with van der Waals surface area (Å²) in [5, 5.41) is 6.46. The molecule has 0 atom stereocenters. The summed E-state index contributed by atoms with van der Waals surface area (Å²) in [6.45, 7) is 2.89. The van der Waals surface area contributed by atoms with Crippen molar-refractivity contribution in [2.45, 2.75) is 12.5 Å². The summed E-state index contributed by atoms with van der Waals surface area (Å²) in [7, 11) is 1.42. The average molecular weight is 393 g/mol. The zero-order chi connectivity index (χ0) is 20.5.